The summed E-state index contributed by atoms with van der Waals surface area (Å²) < 4.78 is 8.79. The summed E-state index contributed by atoms with van der Waals surface area (Å²) in [4.78, 5) is 0. The Kier molecular flexibility index (Phi) is 5.42. The van der Waals surface area contributed by atoms with Crippen LogP contribution in [0.1, 0.15) is 25.1 Å². The maximum atomic E-state index is 6.06. The average molecular weight is 352 g/mol. The van der Waals surface area contributed by atoms with Crippen LogP contribution in [0, 0.1) is 12.8 Å². The molecule has 1 heterocycles. The first kappa shape index (κ1) is 16.0. The second-order valence-corrected chi connectivity index (χ2v) is 6.40. The molecule has 2 rings (SSSR count). The highest BCUT2D eigenvalue weighted by Gasteiger charge is 2.16. The van der Waals surface area contributed by atoms with Gasteiger partial charge in [0.25, 0.3) is 0 Å². The number of hydrogen-bond donors (Lipinski definition) is 1. The number of aryl methyl sites for hydroxylation is 2. The van der Waals surface area contributed by atoms with Crippen molar-refractivity contribution in [3.05, 3.63) is 40.0 Å². The van der Waals surface area contributed by atoms with Crippen molar-refractivity contribution in [1.29, 1.82) is 0 Å². The molecule has 0 aliphatic heterocycles. The number of nitrogens with one attached hydrogen (secondary N) is 1. The van der Waals surface area contributed by atoms with E-state index in [1.54, 1.807) is 4.68 Å². The molecule has 1 aromatic heterocycles. The van der Waals surface area contributed by atoms with Gasteiger partial charge in [0, 0.05) is 13.6 Å². The van der Waals surface area contributed by atoms with Crippen LogP contribution in [0.4, 0.5) is 0 Å². The minimum Gasteiger partial charge on any atom is -0.438 e. The molecule has 0 bridgehead atoms. The number of para-hydroxylation sites is 1. The fraction of sp³-hybridized carbons (Fsp3) is 0.438. The molecular formula is C16H22BrN3O. The van der Waals surface area contributed by atoms with E-state index in [2.05, 4.69) is 40.2 Å². The summed E-state index contributed by atoms with van der Waals surface area (Å²) in [7, 11) is 1.91. The lowest BCUT2D eigenvalue weighted by molar-refractivity contribution is 0.420. The Morgan fingerprint density at radius 1 is 1.33 bits per heavy atom. The Morgan fingerprint density at radius 3 is 2.71 bits per heavy atom. The highest BCUT2D eigenvalue weighted by molar-refractivity contribution is 9.10. The van der Waals surface area contributed by atoms with Crippen LogP contribution in [0.3, 0.4) is 0 Å². The first-order valence-corrected chi connectivity index (χ1v) is 7.94. The average Bonchev–Trinajstić information content (AvgIpc) is 2.67. The van der Waals surface area contributed by atoms with Crippen LogP contribution in [-0.2, 0) is 13.6 Å². The minimum atomic E-state index is 0.620. The number of benzene rings is 1. The molecule has 0 saturated heterocycles. The molecule has 2 aromatic rings. The van der Waals surface area contributed by atoms with E-state index < -0.39 is 0 Å². The van der Waals surface area contributed by atoms with E-state index in [9.17, 15) is 0 Å². The molecule has 0 aliphatic carbocycles. The second-order valence-electron chi connectivity index (χ2n) is 5.55. The first-order valence-electron chi connectivity index (χ1n) is 7.14. The van der Waals surface area contributed by atoms with Gasteiger partial charge in [0.15, 0.2) is 0 Å². The van der Waals surface area contributed by atoms with Crippen LogP contribution in [0.15, 0.2) is 28.7 Å². The molecule has 0 amide bonds. The van der Waals surface area contributed by atoms with Gasteiger partial charge < -0.3 is 10.1 Å². The van der Waals surface area contributed by atoms with E-state index in [1.807, 2.05) is 38.2 Å². The lowest BCUT2D eigenvalue weighted by atomic mass is 10.2. The summed E-state index contributed by atoms with van der Waals surface area (Å²) in [5, 5.41) is 7.92. The lowest BCUT2D eigenvalue weighted by Crippen LogP contribution is -2.19. The smallest absolute Gasteiger partial charge is 0.222 e. The Labute approximate surface area is 134 Å². The zero-order valence-corrected chi connectivity index (χ0v) is 14.6. The van der Waals surface area contributed by atoms with Crippen LogP contribution >= 0.6 is 15.9 Å². The summed E-state index contributed by atoms with van der Waals surface area (Å²) in [5.74, 6) is 2.20. The third-order valence-corrected chi connectivity index (χ3v) is 3.84. The van der Waals surface area contributed by atoms with Gasteiger partial charge in [-0.25, -0.2) is 4.68 Å². The predicted molar refractivity (Wildman–Crippen MR) is 88.7 cm³/mol. The maximum Gasteiger partial charge on any atom is 0.222 e. The molecular weight excluding hydrogens is 330 g/mol. The molecule has 21 heavy (non-hydrogen) atoms. The minimum absolute atomic E-state index is 0.620. The summed E-state index contributed by atoms with van der Waals surface area (Å²) in [6.45, 7) is 8.14. The van der Waals surface area contributed by atoms with Crippen molar-refractivity contribution in [2.75, 3.05) is 6.54 Å². The number of rotatable bonds is 6. The van der Waals surface area contributed by atoms with Gasteiger partial charge >= 0.3 is 0 Å². The monoisotopic (exact) mass is 351 g/mol. The SMILES string of the molecule is Cc1nn(C)c(Oc2ccccc2Br)c1CNCC(C)C. The van der Waals surface area contributed by atoms with Gasteiger partial charge in [-0.3, -0.25) is 0 Å². The predicted octanol–water partition coefficient (Wildman–Crippen LogP) is 4.03. The number of nitrogens with zero attached hydrogens (tertiary/aromatic N) is 2. The third kappa shape index (κ3) is 4.08. The molecule has 0 fully saturated rings. The van der Waals surface area contributed by atoms with Crippen molar-refractivity contribution in [1.82, 2.24) is 15.1 Å². The third-order valence-electron chi connectivity index (χ3n) is 3.19. The van der Waals surface area contributed by atoms with Crippen molar-refractivity contribution in [2.45, 2.75) is 27.3 Å². The van der Waals surface area contributed by atoms with E-state index in [0.29, 0.717) is 5.92 Å². The number of halogens is 1. The fourth-order valence-corrected chi connectivity index (χ4v) is 2.50. The van der Waals surface area contributed by atoms with Crippen LogP contribution in [-0.4, -0.2) is 16.3 Å². The number of hydrogen-bond acceptors (Lipinski definition) is 3. The van der Waals surface area contributed by atoms with Gasteiger partial charge in [-0.1, -0.05) is 26.0 Å². The molecule has 4 nitrogen and oxygen atoms in total. The quantitative estimate of drug-likeness (QED) is 0.853. The molecule has 0 atom stereocenters. The highest BCUT2D eigenvalue weighted by Crippen LogP contribution is 2.32. The van der Waals surface area contributed by atoms with Gasteiger partial charge in [0.1, 0.15) is 5.75 Å². The summed E-state index contributed by atoms with van der Waals surface area (Å²) in [6, 6.07) is 7.84. The molecule has 1 aromatic carbocycles. The van der Waals surface area contributed by atoms with Crippen LogP contribution in [0.5, 0.6) is 11.6 Å². The number of ether oxygens (including phenoxy) is 1. The molecule has 1 N–H and O–H groups in total. The fourth-order valence-electron chi connectivity index (χ4n) is 2.13. The van der Waals surface area contributed by atoms with Crippen molar-refractivity contribution in [3.63, 3.8) is 0 Å². The van der Waals surface area contributed by atoms with Gasteiger partial charge in [0.05, 0.1) is 15.7 Å². The standard InChI is InChI=1S/C16H22BrN3O/c1-11(2)9-18-10-13-12(3)19-20(4)16(13)21-15-8-6-5-7-14(15)17/h5-8,11,18H,9-10H2,1-4H3. The van der Waals surface area contributed by atoms with Crippen LogP contribution in [0.2, 0.25) is 0 Å². The molecule has 0 radical (unpaired) electrons. The van der Waals surface area contributed by atoms with E-state index in [0.717, 1.165) is 40.4 Å². The van der Waals surface area contributed by atoms with Crippen molar-refractivity contribution < 1.29 is 4.74 Å². The maximum absolute atomic E-state index is 6.06. The van der Waals surface area contributed by atoms with Crippen LogP contribution < -0.4 is 10.1 Å². The van der Waals surface area contributed by atoms with Gasteiger partial charge in [-0.05, 0) is 47.4 Å². The van der Waals surface area contributed by atoms with Crippen molar-refractivity contribution in [2.24, 2.45) is 13.0 Å². The Balaban J connectivity index is 2.20. The van der Waals surface area contributed by atoms with E-state index >= 15 is 0 Å². The molecule has 0 aliphatic rings. The van der Waals surface area contributed by atoms with Crippen molar-refractivity contribution >= 4 is 15.9 Å². The highest BCUT2D eigenvalue weighted by atomic mass is 79.9. The Morgan fingerprint density at radius 2 is 2.05 bits per heavy atom. The largest absolute Gasteiger partial charge is 0.438 e. The summed E-state index contributed by atoms with van der Waals surface area (Å²) in [6.07, 6.45) is 0. The summed E-state index contributed by atoms with van der Waals surface area (Å²) >= 11 is 3.51. The first-order chi connectivity index (χ1) is 9.99. The zero-order valence-electron chi connectivity index (χ0n) is 13.0. The van der Waals surface area contributed by atoms with Gasteiger partial charge in [-0.15, -0.1) is 0 Å². The molecule has 114 valence electrons. The van der Waals surface area contributed by atoms with Crippen molar-refractivity contribution in [3.8, 4) is 11.6 Å². The molecule has 0 saturated carbocycles. The van der Waals surface area contributed by atoms with E-state index in [1.165, 1.54) is 0 Å². The molecule has 0 unspecified atom stereocenters. The second kappa shape index (κ2) is 7.09. The van der Waals surface area contributed by atoms with Gasteiger partial charge in [0.2, 0.25) is 5.88 Å². The normalized spacial score (nSPS) is 11.1. The summed E-state index contributed by atoms with van der Waals surface area (Å²) in [5.41, 5.74) is 2.10. The number of aromatic nitrogens is 2. The van der Waals surface area contributed by atoms with Crippen LogP contribution in [0.25, 0.3) is 0 Å². The molecule has 0 spiro atoms. The Hall–Kier alpha value is -1.33. The van der Waals surface area contributed by atoms with E-state index in [4.69, 9.17) is 4.74 Å². The Bertz CT molecular complexity index is 608. The topological polar surface area (TPSA) is 39.1 Å². The van der Waals surface area contributed by atoms with E-state index in [-0.39, 0.29) is 0 Å². The van der Waals surface area contributed by atoms with Gasteiger partial charge in [-0.2, -0.15) is 5.10 Å². The zero-order chi connectivity index (χ0) is 15.4. The molecule has 5 heteroatoms. The lowest BCUT2D eigenvalue weighted by Gasteiger charge is -2.11.